The van der Waals surface area contributed by atoms with Gasteiger partial charge in [-0.25, -0.2) is 19.6 Å². The number of piperidine rings is 2. The summed E-state index contributed by atoms with van der Waals surface area (Å²) in [4.78, 5) is 60.8. The largest absolute Gasteiger partial charge is 0.444 e. The van der Waals surface area contributed by atoms with E-state index in [1.54, 1.807) is 36.5 Å². The molecule has 1 spiro atoms. The van der Waals surface area contributed by atoms with Gasteiger partial charge in [0.05, 0.1) is 22.6 Å². The molecule has 3 saturated heterocycles. The minimum atomic E-state index is -0.736. The lowest BCUT2D eigenvalue weighted by Crippen LogP contribution is -2.64. The minimum absolute atomic E-state index is 0.0585. The van der Waals surface area contributed by atoms with Gasteiger partial charge in [-0.05, 0) is 58.2 Å². The van der Waals surface area contributed by atoms with Gasteiger partial charge in [0.15, 0.2) is 0 Å². The Labute approximate surface area is 248 Å². The summed E-state index contributed by atoms with van der Waals surface area (Å²) in [6, 6.07) is 4.59. The summed E-state index contributed by atoms with van der Waals surface area (Å²) in [7, 11) is 1.65. The van der Waals surface area contributed by atoms with Crippen molar-refractivity contribution in [2.75, 3.05) is 19.6 Å². The fourth-order valence-electron chi connectivity index (χ4n) is 6.25. The molecule has 3 fully saturated rings. The van der Waals surface area contributed by atoms with Crippen LogP contribution in [-0.4, -0.2) is 67.1 Å². The van der Waals surface area contributed by atoms with Gasteiger partial charge >= 0.3 is 11.8 Å². The molecule has 2 N–H and O–H groups in total. The van der Waals surface area contributed by atoms with Crippen LogP contribution in [0.3, 0.4) is 0 Å². The molecule has 224 valence electrons. The molecule has 3 aliphatic rings. The number of aromatic nitrogens is 4. The number of carbonyl (C=O) groups excluding carboxylic acids is 3. The van der Waals surface area contributed by atoms with Crippen LogP contribution < -0.4 is 16.3 Å². The Morgan fingerprint density at radius 3 is 2.51 bits per heavy atom. The zero-order chi connectivity index (χ0) is 30.5. The van der Waals surface area contributed by atoms with Gasteiger partial charge in [0.25, 0.3) is 0 Å². The first-order chi connectivity index (χ1) is 20.4. The minimum Gasteiger partial charge on any atom is -0.444 e. The molecule has 3 unspecified atom stereocenters. The van der Waals surface area contributed by atoms with Crippen molar-refractivity contribution < 1.29 is 19.1 Å². The number of aryl methyl sites for hydroxylation is 1. The first-order valence-electron chi connectivity index (χ1n) is 14.5. The van der Waals surface area contributed by atoms with E-state index in [1.165, 1.54) is 9.13 Å². The van der Waals surface area contributed by atoms with Crippen LogP contribution in [-0.2, 0) is 21.4 Å². The lowest BCUT2D eigenvalue weighted by Gasteiger charge is -2.54. The van der Waals surface area contributed by atoms with E-state index in [2.05, 4.69) is 32.4 Å². The van der Waals surface area contributed by atoms with Gasteiger partial charge in [0.2, 0.25) is 11.8 Å². The van der Waals surface area contributed by atoms with Gasteiger partial charge in [-0.3, -0.25) is 24.0 Å². The number of rotatable bonds is 2. The number of likely N-dealkylation sites (tertiary alicyclic amines) is 1. The summed E-state index contributed by atoms with van der Waals surface area (Å²) >= 11 is 0. The molecule has 6 rings (SSSR count). The Bertz CT molecular complexity index is 1740. The van der Waals surface area contributed by atoms with Crippen LogP contribution in [0.2, 0.25) is 0 Å². The highest BCUT2D eigenvalue weighted by Gasteiger charge is 2.52. The molecule has 0 bridgehead atoms. The third-order valence-electron chi connectivity index (χ3n) is 8.42. The van der Waals surface area contributed by atoms with Gasteiger partial charge in [-0.15, -0.1) is 0 Å². The Morgan fingerprint density at radius 2 is 1.84 bits per heavy atom. The molecule has 43 heavy (non-hydrogen) atoms. The van der Waals surface area contributed by atoms with Crippen molar-refractivity contribution >= 4 is 28.9 Å². The van der Waals surface area contributed by atoms with Crippen molar-refractivity contribution in [2.24, 2.45) is 12.5 Å². The molecule has 3 atom stereocenters. The number of imidazole rings is 1. The fourth-order valence-corrected chi connectivity index (χ4v) is 6.25. The molecule has 1 aromatic carbocycles. The normalized spacial score (nSPS) is 23.9. The van der Waals surface area contributed by atoms with Crippen LogP contribution in [0.1, 0.15) is 75.5 Å². The summed E-state index contributed by atoms with van der Waals surface area (Å²) < 4.78 is 8.54. The number of nitrogens with zero attached hydrogens (tertiary/aromatic N) is 5. The Hall–Kier alpha value is -4.50. The second-order valence-electron chi connectivity index (χ2n) is 12.6. The lowest BCUT2D eigenvalue weighted by atomic mass is 9.67. The zero-order valence-electron chi connectivity index (χ0n) is 24.8. The highest BCUT2D eigenvalue weighted by molar-refractivity contribution is 6.00. The van der Waals surface area contributed by atoms with Crippen LogP contribution in [0.4, 0.5) is 4.79 Å². The van der Waals surface area contributed by atoms with Crippen LogP contribution in [0, 0.1) is 17.3 Å². The van der Waals surface area contributed by atoms with Gasteiger partial charge in [-0.1, -0.05) is 11.8 Å². The van der Waals surface area contributed by atoms with E-state index in [-0.39, 0.29) is 42.0 Å². The first kappa shape index (κ1) is 28.6. The van der Waals surface area contributed by atoms with Gasteiger partial charge in [-0.2, -0.15) is 0 Å². The first-order valence-corrected chi connectivity index (χ1v) is 14.5. The fraction of sp³-hybridized carbons (Fsp3) is 0.484. The summed E-state index contributed by atoms with van der Waals surface area (Å²) in [5.74, 6) is 6.10. The molecule has 12 heteroatoms. The molecule has 5 heterocycles. The van der Waals surface area contributed by atoms with Crippen LogP contribution in [0.5, 0.6) is 0 Å². The summed E-state index contributed by atoms with van der Waals surface area (Å²) in [5, 5.41) is 5.78. The van der Waals surface area contributed by atoms with Gasteiger partial charge in [0, 0.05) is 56.5 Å². The monoisotopic (exact) mass is 585 g/mol. The molecule has 3 aliphatic heterocycles. The highest BCUT2D eigenvalue weighted by Crippen LogP contribution is 2.46. The molecule has 12 nitrogen and oxygen atoms in total. The van der Waals surface area contributed by atoms with Crippen molar-refractivity contribution in [3.8, 4) is 11.8 Å². The van der Waals surface area contributed by atoms with E-state index in [0.717, 1.165) is 19.4 Å². The summed E-state index contributed by atoms with van der Waals surface area (Å²) in [5.41, 5.74) is 1.59. The number of hydrogen-bond acceptors (Lipinski definition) is 8. The molecule has 3 amide bonds. The number of hydrogen-bond donors (Lipinski definition) is 2. The molecule has 3 aromatic rings. The number of carbonyl (C=O) groups is 3. The van der Waals surface area contributed by atoms with Crippen molar-refractivity contribution in [1.29, 1.82) is 0 Å². The molecule has 0 aliphatic carbocycles. The number of imide groups is 1. The number of nitrogens with one attached hydrogen (secondary N) is 2. The van der Waals surface area contributed by atoms with E-state index < -0.39 is 17.6 Å². The van der Waals surface area contributed by atoms with E-state index >= 15 is 0 Å². The lowest BCUT2D eigenvalue weighted by molar-refractivity contribution is -0.135. The molecule has 0 saturated carbocycles. The second-order valence-corrected chi connectivity index (χ2v) is 12.6. The number of benzene rings is 1. The average Bonchev–Trinajstić information content (AvgIpc) is 3.20. The van der Waals surface area contributed by atoms with Crippen LogP contribution >= 0.6 is 0 Å². The topological polar surface area (TPSA) is 140 Å². The number of amides is 3. The average molecular weight is 586 g/mol. The molecule has 0 radical (unpaired) electrons. The smallest absolute Gasteiger partial charge is 0.410 e. The van der Waals surface area contributed by atoms with E-state index in [0.29, 0.717) is 41.1 Å². The summed E-state index contributed by atoms with van der Waals surface area (Å²) in [6.45, 7) is 7.69. The molecule has 2 aromatic heterocycles. The second kappa shape index (κ2) is 10.6. The standard InChI is InChI=1S/C31H35N7O5/c1-30(2,3)43-29(42)37-13-5-12-31(18-37)17-34-25(31)26-32-15-20(16-33-26)7-6-19-8-9-21-23(14-19)36(4)28(41)38(21)22-10-11-24(39)35-27(22)40/h8-9,14-16,22,25,34H,5,10-13,17-18H2,1-4H3,(H,35,39,40). The molecular formula is C31H35N7O5. The quantitative estimate of drug-likeness (QED) is 0.345. The Balaban J connectivity index is 1.17. The van der Waals surface area contributed by atoms with Crippen LogP contribution in [0.15, 0.2) is 35.4 Å². The predicted molar refractivity (Wildman–Crippen MR) is 157 cm³/mol. The third-order valence-corrected chi connectivity index (χ3v) is 8.42. The van der Waals surface area contributed by atoms with E-state index in [4.69, 9.17) is 4.74 Å². The number of ether oxygens (including phenoxy) is 1. The highest BCUT2D eigenvalue weighted by atomic mass is 16.6. The Morgan fingerprint density at radius 1 is 1.09 bits per heavy atom. The van der Waals surface area contributed by atoms with Gasteiger partial charge < -0.3 is 15.0 Å². The van der Waals surface area contributed by atoms with E-state index in [1.807, 2.05) is 26.8 Å². The van der Waals surface area contributed by atoms with Crippen LogP contribution in [0.25, 0.3) is 11.0 Å². The SMILES string of the molecule is Cn1c(=O)n(C2CCC(=O)NC2=O)c2ccc(C#Cc3cnc(C4NCC45CCCN(C(=O)OC(C)(C)C)C5)nc3)cc21. The maximum absolute atomic E-state index is 13.0. The van der Waals surface area contributed by atoms with Crippen molar-refractivity contribution in [2.45, 2.75) is 64.1 Å². The number of fused-ring (bicyclic) bond motifs is 1. The zero-order valence-corrected chi connectivity index (χ0v) is 24.8. The van der Waals surface area contributed by atoms with Crippen molar-refractivity contribution in [3.05, 3.63) is 58.0 Å². The Kier molecular flexibility index (Phi) is 7.08. The van der Waals surface area contributed by atoms with Gasteiger partial charge in [0.1, 0.15) is 17.5 Å². The summed E-state index contributed by atoms with van der Waals surface area (Å²) in [6.07, 6.45) is 5.46. The third kappa shape index (κ3) is 5.41. The predicted octanol–water partition coefficient (Wildman–Crippen LogP) is 2.17. The van der Waals surface area contributed by atoms with Crippen molar-refractivity contribution in [3.63, 3.8) is 0 Å². The maximum Gasteiger partial charge on any atom is 0.410 e. The van der Waals surface area contributed by atoms with Crippen molar-refractivity contribution in [1.82, 2.24) is 34.6 Å². The maximum atomic E-state index is 13.0. The van der Waals surface area contributed by atoms with E-state index in [9.17, 15) is 19.2 Å². The molecular weight excluding hydrogens is 550 g/mol.